The molecule has 2 atom stereocenters. The molecule has 0 aliphatic carbocycles. The van der Waals surface area contributed by atoms with Crippen molar-refractivity contribution in [3.63, 3.8) is 0 Å². The summed E-state index contributed by atoms with van der Waals surface area (Å²) in [5.41, 5.74) is 11.1. The number of nitrogens with one attached hydrogen (secondary N) is 2. The van der Waals surface area contributed by atoms with E-state index in [0.29, 0.717) is 67.8 Å². The topological polar surface area (TPSA) is 123 Å². The third kappa shape index (κ3) is 9.78. The van der Waals surface area contributed by atoms with Gasteiger partial charge in [-0.3, -0.25) is 14.4 Å². The molecule has 0 saturated carbocycles. The Labute approximate surface area is 298 Å². The first-order chi connectivity index (χ1) is 23.6. The van der Waals surface area contributed by atoms with Gasteiger partial charge in [-0.25, -0.2) is 0 Å². The van der Waals surface area contributed by atoms with Crippen LogP contribution in [0, 0.1) is 13.8 Å². The molecule has 3 aromatic carbocycles. The Morgan fingerprint density at radius 3 is 2.41 bits per heavy atom. The van der Waals surface area contributed by atoms with Gasteiger partial charge in [-0.05, 0) is 97.7 Å². The summed E-state index contributed by atoms with van der Waals surface area (Å²) < 4.78 is 11.8. The summed E-state index contributed by atoms with van der Waals surface area (Å²) >= 11 is 12.7. The standard InChI is InChI=1S/C38H44Cl2N4O5/c1-24-19-32(40)34(20-25(24)2)49-18-17-48-29-14-12-26(13-15-29)30-21-28-22-44(36(46)11-5-10-35(41)45)23-33(43-28)37(30)38(47)42-16-6-8-27-7-3-4-9-31(27)39/h3-4,7,9,12-15,19-20,28,33,43H,5-6,8,10-11,16-18,21-23H2,1-2H3,(H2,41,45)(H,42,47)/t28-,33-/m1/s1. The molecule has 260 valence electrons. The number of halogens is 2. The highest BCUT2D eigenvalue weighted by Gasteiger charge is 2.39. The van der Waals surface area contributed by atoms with Crippen LogP contribution in [-0.2, 0) is 20.8 Å². The number of carbonyl (C=O) groups excluding carboxylic acids is 3. The molecule has 0 radical (unpaired) electrons. The van der Waals surface area contributed by atoms with E-state index in [0.717, 1.165) is 45.7 Å². The van der Waals surface area contributed by atoms with Gasteiger partial charge in [0.15, 0.2) is 0 Å². The number of aryl methyl sites for hydroxylation is 3. The van der Waals surface area contributed by atoms with Crippen LogP contribution >= 0.6 is 23.2 Å². The number of nitrogens with two attached hydrogens (primary N) is 1. The predicted molar refractivity (Wildman–Crippen MR) is 193 cm³/mol. The summed E-state index contributed by atoms with van der Waals surface area (Å²) in [5, 5.41) is 8.00. The SMILES string of the molecule is Cc1cc(Cl)c(OCCOc2ccc(C3=C(C(=O)NCCCc4ccccc4Cl)[C@H]4CN(C(=O)CCCC(N)=O)C[C@@H](C3)N4)cc2)cc1C. The molecule has 3 amide bonds. The normalized spacial score (nSPS) is 17.1. The van der Waals surface area contributed by atoms with Crippen LogP contribution in [0.4, 0.5) is 0 Å². The molecule has 49 heavy (non-hydrogen) atoms. The second-order valence-electron chi connectivity index (χ2n) is 12.7. The Bertz CT molecular complexity index is 1690. The second-order valence-corrected chi connectivity index (χ2v) is 13.5. The minimum Gasteiger partial charge on any atom is -0.490 e. The Morgan fingerprint density at radius 2 is 1.65 bits per heavy atom. The number of fused-ring (bicyclic) bond motifs is 2. The highest BCUT2D eigenvalue weighted by Crippen LogP contribution is 2.34. The van der Waals surface area contributed by atoms with E-state index in [2.05, 4.69) is 10.6 Å². The Hall–Kier alpha value is -4.05. The molecule has 1 saturated heterocycles. The molecule has 2 aliphatic heterocycles. The van der Waals surface area contributed by atoms with Crippen molar-refractivity contribution in [1.82, 2.24) is 15.5 Å². The summed E-state index contributed by atoms with van der Waals surface area (Å²) in [4.78, 5) is 39.9. The van der Waals surface area contributed by atoms with E-state index in [1.165, 1.54) is 0 Å². The summed E-state index contributed by atoms with van der Waals surface area (Å²) in [7, 11) is 0. The van der Waals surface area contributed by atoms with Crippen LogP contribution in [0.1, 0.15) is 54.4 Å². The van der Waals surface area contributed by atoms with Crippen LogP contribution in [0.15, 0.2) is 66.2 Å². The average molecular weight is 708 g/mol. The van der Waals surface area contributed by atoms with Crippen molar-refractivity contribution in [2.24, 2.45) is 5.73 Å². The van der Waals surface area contributed by atoms with Crippen molar-refractivity contribution in [2.45, 2.75) is 64.5 Å². The maximum Gasteiger partial charge on any atom is 0.249 e. The fourth-order valence-electron chi connectivity index (χ4n) is 6.37. The molecule has 0 spiro atoms. The zero-order valence-corrected chi connectivity index (χ0v) is 29.5. The van der Waals surface area contributed by atoms with Gasteiger partial charge in [0.2, 0.25) is 17.7 Å². The highest BCUT2D eigenvalue weighted by molar-refractivity contribution is 6.32. The maximum atomic E-state index is 13.9. The Kier molecular flexibility index (Phi) is 12.6. The monoisotopic (exact) mass is 706 g/mol. The van der Waals surface area contributed by atoms with Crippen molar-refractivity contribution < 1.29 is 23.9 Å². The molecule has 4 N–H and O–H groups in total. The summed E-state index contributed by atoms with van der Waals surface area (Å²) in [6, 6.07) is 18.9. The van der Waals surface area contributed by atoms with Gasteiger partial charge in [0, 0.05) is 49.1 Å². The quantitative estimate of drug-likeness (QED) is 0.172. The van der Waals surface area contributed by atoms with Crippen LogP contribution in [0.5, 0.6) is 11.5 Å². The molecule has 9 nitrogen and oxygen atoms in total. The minimum atomic E-state index is -0.418. The molecule has 0 unspecified atom stereocenters. The number of carbonyl (C=O) groups is 3. The molecule has 5 rings (SSSR count). The van der Waals surface area contributed by atoms with Gasteiger partial charge in [-0.2, -0.15) is 0 Å². The van der Waals surface area contributed by atoms with E-state index in [4.69, 9.17) is 38.4 Å². The number of nitrogens with zero attached hydrogens (tertiary/aromatic N) is 1. The molecular formula is C38H44Cl2N4O5. The fraction of sp³-hybridized carbons (Fsp3) is 0.395. The number of piperazine rings is 1. The van der Waals surface area contributed by atoms with Crippen molar-refractivity contribution in [2.75, 3.05) is 32.8 Å². The lowest BCUT2D eigenvalue weighted by Gasteiger charge is -2.44. The molecule has 1 fully saturated rings. The van der Waals surface area contributed by atoms with Gasteiger partial charge in [-0.15, -0.1) is 0 Å². The third-order valence-corrected chi connectivity index (χ3v) is 9.71. The van der Waals surface area contributed by atoms with Crippen LogP contribution in [0.2, 0.25) is 10.0 Å². The molecule has 11 heteroatoms. The molecule has 2 bridgehead atoms. The number of amides is 3. The zero-order valence-electron chi connectivity index (χ0n) is 28.0. The van der Waals surface area contributed by atoms with E-state index in [-0.39, 0.29) is 36.7 Å². The van der Waals surface area contributed by atoms with Gasteiger partial charge < -0.3 is 30.7 Å². The van der Waals surface area contributed by atoms with E-state index < -0.39 is 5.91 Å². The maximum absolute atomic E-state index is 13.9. The number of hydrogen-bond acceptors (Lipinski definition) is 6. The van der Waals surface area contributed by atoms with Gasteiger partial charge in [0.05, 0.1) is 11.1 Å². The molecule has 0 aromatic heterocycles. The van der Waals surface area contributed by atoms with Crippen molar-refractivity contribution in [1.29, 1.82) is 0 Å². The van der Waals surface area contributed by atoms with E-state index >= 15 is 0 Å². The predicted octanol–water partition coefficient (Wildman–Crippen LogP) is 5.80. The largest absolute Gasteiger partial charge is 0.490 e. The summed E-state index contributed by atoms with van der Waals surface area (Å²) in [5.74, 6) is 0.707. The molecular weight excluding hydrogens is 663 g/mol. The number of primary amides is 1. The lowest BCUT2D eigenvalue weighted by Crippen LogP contribution is -2.62. The first-order valence-corrected chi connectivity index (χ1v) is 17.5. The van der Waals surface area contributed by atoms with Gasteiger partial charge in [0.1, 0.15) is 24.7 Å². The van der Waals surface area contributed by atoms with Crippen LogP contribution in [0.25, 0.3) is 5.57 Å². The minimum absolute atomic E-state index is 0.0177. The summed E-state index contributed by atoms with van der Waals surface area (Å²) in [6.07, 6.45) is 2.88. The van der Waals surface area contributed by atoms with E-state index in [9.17, 15) is 14.4 Å². The molecule has 2 heterocycles. The average Bonchev–Trinajstić information content (AvgIpc) is 3.07. The van der Waals surface area contributed by atoms with Gasteiger partial charge >= 0.3 is 0 Å². The van der Waals surface area contributed by atoms with Crippen molar-refractivity contribution in [3.05, 3.63) is 98.5 Å². The second kappa shape index (κ2) is 17.1. The Balaban J connectivity index is 1.26. The third-order valence-electron chi connectivity index (χ3n) is 9.04. The summed E-state index contributed by atoms with van der Waals surface area (Å²) in [6.45, 7) is 6.07. The number of hydrogen-bond donors (Lipinski definition) is 3. The van der Waals surface area contributed by atoms with Crippen LogP contribution in [-0.4, -0.2) is 67.6 Å². The first-order valence-electron chi connectivity index (χ1n) is 16.8. The van der Waals surface area contributed by atoms with Crippen molar-refractivity contribution in [3.8, 4) is 11.5 Å². The van der Waals surface area contributed by atoms with E-state index in [1.807, 2.05) is 74.5 Å². The lowest BCUT2D eigenvalue weighted by molar-refractivity contribution is -0.133. The van der Waals surface area contributed by atoms with Crippen LogP contribution in [0.3, 0.4) is 0 Å². The number of rotatable bonds is 15. The van der Waals surface area contributed by atoms with Crippen molar-refractivity contribution >= 4 is 46.5 Å². The number of ether oxygens (including phenoxy) is 2. The first kappa shape index (κ1) is 36.2. The molecule has 2 aliphatic rings. The smallest absolute Gasteiger partial charge is 0.249 e. The lowest BCUT2D eigenvalue weighted by atomic mass is 9.83. The van der Waals surface area contributed by atoms with Crippen LogP contribution < -0.4 is 25.8 Å². The van der Waals surface area contributed by atoms with Gasteiger partial charge in [0.25, 0.3) is 0 Å². The zero-order chi connectivity index (χ0) is 34.9. The fourth-order valence-corrected chi connectivity index (χ4v) is 6.87. The van der Waals surface area contributed by atoms with E-state index in [1.54, 1.807) is 4.90 Å². The molecule has 3 aromatic rings. The Morgan fingerprint density at radius 1 is 0.918 bits per heavy atom. The number of benzene rings is 3. The highest BCUT2D eigenvalue weighted by atomic mass is 35.5. The van der Waals surface area contributed by atoms with Gasteiger partial charge in [-0.1, -0.05) is 53.5 Å².